The summed E-state index contributed by atoms with van der Waals surface area (Å²) in [5, 5.41) is 10.3. The minimum Gasteiger partial charge on any atom is -0.376 e. The Morgan fingerprint density at radius 3 is 3.21 bits per heavy atom. The number of nitrogens with one attached hydrogen (secondary N) is 1. The van der Waals surface area contributed by atoms with Crippen molar-refractivity contribution in [3.05, 3.63) is 23.6 Å². The maximum Gasteiger partial charge on any atom is 0.125 e. The van der Waals surface area contributed by atoms with Crippen LogP contribution in [0.25, 0.3) is 10.6 Å². The van der Waals surface area contributed by atoms with Crippen LogP contribution in [-0.2, 0) is 4.74 Å². The second-order valence-corrected chi connectivity index (χ2v) is 6.12. The summed E-state index contributed by atoms with van der Waals surface area (Å²) in [6, 6.07) is 6.75. The van der Waals surface area contributed by atoms with Crippen molar-refractivity contribution in [2.24, 2.45) is 0 Å². The van der Waals surface area contributed by atoms with Crippen LogP contribution < -0.4 is 5.32 Å². The van der Waals surface area contributed by atoms with Crippen molar-refractivity contribution in [2.45, 2.75) is 31.4 Å². The van der Waals surface area contributed by atoms with E-state index in [0.29, 0.717) is 12.1 Å². The van der Waals surface area contributed by atoms with Gasteiger partial charge in [0.2, 0.25) is 0 Å². The van der Waals surface area contributed by atoms with E-state index in [1.165, 1.54) is 11.3 Å². The quantitative estimate of drug-likeness (QED) is 0.915. The molecule has 0 saturated carbocycles. The first kappa shape index (κ1) is 11.5. The van der Waals surface area contributed by atoms with Crippen LogP contribution in [0.2, 0.25) is 0 Å². The first-order chi connectivity index (χ1) is 9.42. The number of hydrogen-bond donors (Lipinski definition) is 1. The lowest BCUT2D eigenvalue weighted by Gasteiger charge is -2.29. The van der Waals surface area contributed by atoms with Gasteiger partial charge in [0.05, 0.1) is 17.0 Å². The molecule has 0 aliphatic carbocycles. The lowest BCUT2D eigenvalue weighted by atomic mass is 10.0. The molecule has 0 aromatic carbocycles. The first-order valence-corrected chi connectivity index (χ1v) is 7.79. The number of rotatable bonds is 2. The van der Waals surface area contributed by atoms with E-state index in [1.54, 1.807) is 11.3 Å². The Morgan fingerprint density at radius 2 is 2.42 bits per heavy atom. The third kappa shape index (κ3) is 1.97. The Balaban J connectivity index is 1.70. The fourth-order valence-electron chi connectivity index (χ4n) is 3.04. The summed E-state index contributed by atoms with van der Waals surface area (Å²) < 4.78 is 8.01. The summed E-state index contributed by atoms with van der Waals surface area (Å²) in [7, 11) is 0. The van der Waals surface area contributed by atoms with Gasteiger partial charge in [-0.05, 0) is 30.7 Å². The predicted octanol–water partition coefficient (Wildman–Crippen LogP) is 3.15. The van der Waals surface area contributed by atoms with E-state index in [4.69, 9.17) is 9.84 Å². The van der Waals surface area contributed by atoms with Crippen molar-refractivity contribution < 1.29 is 4.74 Å². The van der Waals surface area contributed by atoms with Gasteiger partial charge in [0, 0.05) is 19.2 Å². The Hall–Kier alpha value is -1.33. The van der Waals surface area contributed by atoms with Gasteiger partial charge < -0.3 is 10.1 Å². The zero-order chi connectivity index (χ0) is 12.7. The van der Waals surface area contributed by atoms with Crippen LogP contribution in [0.15, 0.2) is 23.6 Å². The highest BCUT2D eigenvalue weighted by atomic mass is 32.1. The molecular formula is C14H17N3OS. The second kappa shape index (κ2) is 4.65. The van der Waals surface area contributed by atoms with Crippen LogP contribution in [-0.4, -0.2) is 29.0 Å². The smallest absolute Gasteiger partial charge is 0.125 e. The van der Waals surface area contributed by atoms with Crippen molar-refractivity contribution >= 4 is 17.2 Å². The molecule has 2 unspecified atom stereocenters. The molecule has 4 nitrogen and oxygen atoms in total. The first-order valence-electron chi connectivity index (χ1n) is 6.91. The Morgan fingerprint density at radius 1 is 1.42 bits per heavy atom. The van der Waals surface area contributed by atoms with E-state index in [1.807, 2.05) is 0 Å². The maximum absolute atomic E-state index is 5.86. The van der Waals surface area contributed by atoms with Crippen LogP contribution in [0.4, 0.5) is 5.82 Å². The molecule has 2 aliphatic heterocycles. The molecule has 100 valence electrons. The van der Waals surface area contributed by atoms with E-state index in [-0.39, 0.29) is 0 Å². The van der Waals surface area contributed by atoms with Gasteiger partial charge in [-0.25, -0.2) is 4.68 Å². The largest absolute Gasteiger partial charge is 0.376 e. The van der Waals surface area contributed by atoms with Crippen molar-refractivity contribution in [3.8, 4) is 10.6 Å². The van der Waals surface area contributed by atoms with Gasteiger partial charge in [-0.3, -0.25) is 0 Å². The molecule has 5 heteroatoms. The number of thiophene rings is 1. The van der Waals surface area contributed by atoms with Crippen LogP contribution in [0.3, 0.4) is 0 Å². The molecule has 0 radical (unpaired) electrons. The van der Waals surface area contributed by atoms with Gasteiger partial charge in [-0.1, -0.05) is 6.07 Å². The summed E-state index contributed by atoms with van der Waals surface area (Å²) in [4.78, 5) is 1.23. The lowest BCUT2D eigenvalue weighted by Crippen LogP contribution is -2.31. The number of aromatic nitrogens is 2. The van der Waals surface area contributed by atoms with Crippen LogP contribution in [0.5, 0.6) is 0 Å². The maximum atomic E-state index is 5.86. The van der Waals surface area contributed by atoms with Gasteiger partial charge in [-0.15, -0.1) is 11.3 Å². The molecule has 2 aromatic heterocycles. The Kier molecular flexibility index (Phi) is 2.81. The Labute approximate surface area is 116 Å². The summed E-state index contributed by atoms with van der Waals surface area (Å²) in [6.45, 7) is 1.92. The fourth-order valence-corrected chi connectivity index (χ4v) is 3.73. The number of ether oxygens (including phenoxy) is 1. The van der Waals surface area contributed by atoms with Crippen LogP contribution in [0, 0.1) is 0 Å². The molecular weight excluding hydrogens is 258 g/mol. The van der Waals surface area contributed by atoms with Gasteiger partial charge in [-0.2, -0.15) is 5.10 Å². The number of fused-ring (bicyclic) bond motifs is 1. The van der Waals surface area contributed by atoms with Crippen LogP contribution >= 0.6 is 11.3 Å². The number of nitrogens with zero attached hydrogens (tertiary/aromatic N) is 2. The predicted molar refractivity (Wildman–Crippen MR) is 76.7 cm³/mol. The molecule has 0 bridgehead atoms. The van der Waals surface area contributed by atoms with Crippen molar-refractivity contribution in [3.63, 3.8) is 0 Å². The molecule has 4 rings (SSSR count). The zero-order valence-corrected chi connectivity index (χ0v) is 11.5. The highest BCUT2D eigenvalue weighted by Crippen LogP contribution is 2.35. The Bertz CT molecular complexity index is 557. The molecule has 1 saturated heterocycles. The molecule has 2 aliphatic rings. The van der Waals surface area contributed by atoms with E-state index in [9.17, 15) is 0 Å². The molecule has 0 amide bonds. The van der Waals surface area contributed by atoms with Crippen molar-refractivity contribution in [2.75, 3.05) is 18.5 Å². The number of hydrogen-bond acceptors (Lipinski definition) is 4. The minimum atomic E-state index is 0.344. The van der Waals surface area contributed by atoms with Crippen LogP contribution in [0.1, 0.15) is 25.3 Å². The lowest BCUT2D eigenvalue weighted by molar-refractivity contribution is 0.0593. The van der Waals surface area contributed by atoms with E-state index < -0.39 is 0 Å². The highest BCUT2D eigenvalue weighted by Gasteiger charge is 2.32. The van der Waals surface area contributed by atoms with Gasteiger partial charge in [0.25, 0.3) is 0 Å². The second-order valence-electron chi connectivity index (χ2n) is 5.17. The van der Waals surface area contributed by atoms with E-state index >= 15 is 0 Å². The molecule has 1 N–H and O–H groups in total. The monoisotopic (exact) mass is 275 g/mol. The summed E-state index contributed by atoms with van der Waals surface area (Å²) >= 11 is 1.74. The van der Waals surface area contributed by atoms with Gasteiger partial charge in [0.1, 0.15) is 11.5 Å². The molecule has 0 spiro atoms. The summed E-state index contributed by atoms with van der Waals surface area (Å²) in [5.41, 5.74) is 1.07. The van der Waals surface area contributed by atoms with Gasteiger partial charge >= 0.3 is 0 Å². The standard InChI is InChI=1S/C14H17N3OS/c1-3-12(18-7-1)11-5-6-15-14-9-10(16-17(11)14)13-4-2-8-19-13/h2,4,8-9,11-12,15H,1,3,5-7H2. The third-order valence-electron chi connectivity index (χ3n) is 3.96. The van der Waals surface area contributed by atoms with Crippen molar-refractivity contribution in [1.82, 2.24) is 9.78 Å². The van der Waals surface area contributed by atoms with Crippen molar-refractivity contribution in [1.29, 1.82) is 0 Å². The topological polar surface area (TPSA) is 39.1 Å². The molecule has 1 fully saturated rings. The average molecular weight is 275 g/mol. The van der Waals surface area contributed by atoms with E-state index in [2.05, 4.69) is 33.6 Å². The SMILES string of the molecule is c1csc(-c2cc3n(n2)C(C2CCCO2)CCN3)c1. The third-order valence-corrected chi connectivity index (χ3v) is 4.86. The molecule has 2 atom stereocenters. The zero-order valence-electron chi connectivity index (χ0n) is 10.7. The molecule has 2 aromatic rings. The fraction of sp³-hybridized carbons (Fsp3) is 0.500. The average Bonchev–Trinajstić information content (AvgIpc) is 3.18. The highest BCUT2D eigenvalue weighted by molar-refractivity contribution is 7.13. The number of anilines is 1. The summed E-state index contributed by atoms with van der Waals surface area (Å²) in [5.74, 6) is 1.13. The normalized spacial score (nSPS) is 26.1. The van der Waals surface area contributed by atoms with E-state index in [0.717, 1.165) is 37.5 Å². The molecule has 19 heavy (non-hydrogen) atoms. The molecule has 4 heterocycles. The van der Waals surface area contributed by atoms with Gasteiger partial charge in [0.15, 0.2) is 0 Å². The summed E-state index contributed by atoms with van der Waals surface area (Å²) in [6.07, 6.45) is 3.79. The minimum absolute atomic E-state index is 0.344.